The van der Waals surface area contributed by atoms with Gasteiger partial charge in [0.25, 0.3) is 0 Å². The molecule has 0 unspecified atom stereocenters. The van der Waals surface area contributed by atoms with Gasteiger partial charge in [-0.05, 0) is 35.4 Å². The van der Waals surface area contributed by atoms with E-state index in [9.17, 15) is 17.2 Å². The average Bonchev–Trinajstić information content (AvgIpc) is 2.48. The summed E-state index contributed by atoms with van der Waals surface area (Å²) in [4.78, 5) is 0.0854. The molecule has 0 aliphatic carbocycles. The van der Waals surface area contributed by atoms with Crippen LogP contribution in [0, 0.1) is 11.6 Å². The molecule has 0 aliphatic rings. The molecule has 0 fully saturated rings. The van der Waals surface area contributed by atoms with Crippen LogP contribution in [0.5, 0.6) is 0 Å². The largest absolute Gasteiger partial charge is 0.326 e. The number of halogens is 2. The zero-order chi connectivity index (χ0) is 15.5. The Kier molecular flexibility index (Phi) is 4.66. The van der Waals surface area contributed by atoms with E-state index in [0.717, 1.165) is 17.7 Å². The van der Waals surface area contributed by atoms with Gasteiger partial charge in [0.05, 0.1) is 4.90 Å². The van der Waals surface area contributed by atoms with Gasteiger partial charge in [0.15, 0.2) is 11.6 Å². The highest BCUT2D eigenvalue weighted by atomic mass is 32.2. The Balaban J connectivity index is 2.11. The Morgan fingerprint density at radius 3 is 2.14 bits per heavy atom. The van der Waals surface area contributed by atoms with E-state index in [2.05, 4.69) is 4.72 Å². The van der Waals surface area contributed by atoms with Crippen molar-refractivity contribution >= 4 is 10.0 Å². The predicted octanol–water partition coefficient (Wildman–Crippen LogP) is 1.90. The van der Waals surface area contributed by atoms with Crippen LogP contribution in [0.2, 0.25) is 0 Å². The highest BCUT2D eigenvalue weighted by molar-refractivity contribution is 7.89. The third kappa shape index (κ3) is 3.84. The summed E-state index contributed by atoms with van der Waals surface area (Å²) in [7, 11) is -3.71. The maximum atomic E-state index is 13.0. The molecule has 0 saturated heterocycles. The summed E-state index contributed by atoms with van der Waals surface area (Å²) in [6, 6.07) is 9.34. The lowest BCUT2D eigenvalue weighted by molar-refractivity contribution is 0.506. The zero-order valence-corrected chi connectivity index (χ0v) is 11.8. The molecule has 112 valence electrons. The van der Waals surface area contributed by atoms with Crippen molar-refractivity contribution in [3.05, 3.63) is 65.2 Å². The minimum absolute atomic E-state index is 0.0854. The molecular formula is C14H14F2N2O2S. The fourth-order valence-corrected chi connectivity index (χ4v) is 2.73. The molecule has 3 N–H and O–H groups in total. The summed E-state index contributed by atoms with van der Waals surface area (Å²) in [6.45, 7) is 0.195. The summed E-state index contributed by atoms with van der Waals surface area (Å²) >= 11 is 0. The van der Waals surface area contributed by atoms with Crippen LogP contribution in [0.25, 0.3) is 0 Å². The Morgan fingerprint density at radius 2 is 1.57 bits per heavy atom. The first kappa shape index (κ1) is 15.6. The van der Waals surface area contributed by atoms with E-state index in [-0.39, 0.29) is 11.4 Å². The number of nitrogens with two attached hydrogens (primary N) is 1. The Labute approximate surface area is 121 Å². The first-order chi connectivity index (χ1) is 9.92. The lowest BCUT2D eigenvalue weighted by Gasteiger charge is -2.08. The summed E-state index contributed by atoms with van der Waals surface area (Å²) in [5.41, 5.74) is 6.58. The van der Waals surface area contributed by atoms with Crippen molar-refractivity contribution < 1.29 is 17.2 Å². The topological polar surface area (TPSA) is 72.2 Å². The van der Waals surface area contributed by atoms with E-state index in [1.54, 1.807) is 12.1 Å². The number of hydrogen-bond acceptors (Lipinski definition) is 3. The van der Waals surface area contributed by atoms with Gasteiger partial charge in [-0.15, -0.1) is 0 Å². The normalized spacial score (nSPS) is 11.6. The van der Waals surface area contributed by atoms with Crippen LogP contribution in [-0.2, 0) is 23.1 Å². The van der Waals surface area contributed by atoms with E-state index < -0.39 is 21.7 Å². The minimum atomic E-state index is -3.71. The van der Waals surface area contributed by atoms with Gasteiger partial charge in [-0.25, -0.2) is 21.9 Å². The molecule has 2 aromatic carbocycles. The average molecular weight is 312 g/mol. The number of rotatable bonds is 5. The zero-order valence-electron chi connectivity index (χ0n) is 11.0. The Morgan fingerprint density at radius 1 is 0.952 bits per heavy atom. The first-order valence-electron chi connectivity index (χ1n) is 6.15. The molecule has 0 aromatic heterocycles. The molecule has 0 saturated carbocycles. The van der Waals surface area contributed by atoms with Gasteiger partial charge in [0.2, 0.25) is 10.0 Å². The van der Waals surface area contributed by atoms with Crippen molar-refractivity contribution in [3.8, 4) is 0 Å². The molecule has 4 nitrogen and oxygen atoms in total. The standard InChI is InChI=1S/C14H14F2N2O2S/c15-13-6-3-11(7-14(13)16)9-18-21(19,20)12-4-1-10(8-17)2-5-12/h1-7,18H,8-9,17H2. The fourth-order valence-electron chi connectivity index (χ4n) is 1.72. The highest BCUT2D eigenvalue weighted by Crippen LogP contribution is 2.12. The predicted molar refractivity (Wildman–Crippen MR) is 74.7 cm³/mol. The maximum absolute atomic E-state index is 13.0. The van der Waals surface area contributed by atoms with E-state index in [1.807, 2.05) is 0 Å². The highest BCUT2D eigenvalue weighted by Gasteiger charge is 2.14. The fraction of sp³-hybridized carbons (Fsp3) is 0.143. The minimum Gasteiger partial charge on any atom is -0.326 e. The molecule has 0 aliphatic heterocycles. The smallest absolute Gasteiger partial charge is 0.240 e. The Bertz CT molecular complexity index is 731. The second kappa shape index (κ2) is 6.30. The SMILES string of the molecule is NCc1ccc(S(=O)(=O)NCc2ccc(F)c(F)c2)cc1. The number of sulfonamides is 1. The van der Waals surface area contributed by atoms with Crippen LogP contribution < -0.4 is 10.5 Å². The monoisotopic (exact) mass is 312 g/mol. The molecule has 7 heteroatoms. The molecule has 0 atom stereocenters. The van der Waals surface area contributed by atoms with Crippen molar-refractivity contribution in [2.24, 2.45) is 5.73 Å². The summed E-state index contributed by atoms with van der Waals surface area (Å²) in [6.07, 6.45) is 0. The van der Waals surface area contributed by atoms with Crippen LogP contribution in [0.4, 0.5) is 8.78 Å². The van der Waals surface area contributed by atoms with E-state index in [0.29, 0.717) is 12.1 Å². The molecular weight excluding hydrogens is 298 g/mol. The summed E-state index contributed by atoms with van der Waals surface area (Å²) in [5.74, 6) is -1.99. The van der Waals surface area contributed by atoms with Gasteiger partial charge in [0.1, 0.15) is 0 Å². The van der Waals surface area contributed by atoms with Crippen molar-refractivity contribution in [1.29, 1.82) is 0 Å². The van der Waals surface area contributed by atoms with Gasteiger partial charge in [-0.2, -0.15) is 0 Å². The lowest BCUT2D eigenvalue weighted by atomic mass is 10.2. The van der Waals surface area contributed by atoms with E-state index in [4.69, 9.17) is 5.73 Å². The molecule has 0 spiro atoms. The van der Waals surface area contributed by atoms with Crippen molar-refractivity contribution in [1.82, 2.24) is 4.72 Å². The number of benzene rings is 2. The molecule has 0 radical (unpaired) electrons. The summed E-state index contributed by atoms with van der Waals surface area (Å²) in [5, 5.41) is 0. The lowest BCUT2D eigenvalue weighted by Crippen LogP contribution is -2.23. The Hall–Kier alpha value is -1.83. The van der Waals surface area contributed by atoms with Crippen molar-refractivity contribution in [3.63, 3.8) is 0 Å². The van der Waals surface area contributed by atoms with Crippen LogP contribution in [0.15, 0.2) is 47.4 Å². The van der Waals surface area contributed by atoms with Crippen LogP contribution in [-0.4, -0.2) is 8.42 Å². The first-order valence-corrected chi connectivity index (χ1v) is 7.63. The second-order valence-electron chi connectivity index (χ2n) is 4.42. The van der Waals surface area contributed by atoms with Crippen molar-refractivity contribution in [2.45, 2.75) is 18.0 Å². The van der Waals surface area contributed by atoms with Gasteiger partial charge in [-0.1, -0.05) is 18.2 Å². The van der Waals surface area contributed by atoms with Crippen LogP contribution in [0.1, 0.15) is 11.1 Å². The molecule has 21 heavy (non-hydrogen) atoms. The van der Waals surface area contributed by atoms with Crippen molar-refractivity contribution in [2.75, 3.05) is 0 Å². The number of nitrogens with one attached hydrogen (secondary N) is 1. The second-order valence-corrected chi connectivity index (χ2v) is 6.19. The van der Waals surface area contributed by atoms with Crippen LogP contribution in [0.3, 0.4) is 0 Å². The summed E-state index contributed by atoms with van der Waals surface area (Å²) < 4.78 is 52.2. The molecule has 2 aromatic rings. The third-order valence-electron chi connectivity index (χ3n) is 2.92. The molecule has 0 heterocycles. The quantitative estimate of drug-likeness (QED) is 0.886. The maximum Gasteiger partial charge on any atom is 0.240 e. The van der Waals surface area contributed by atoms with Gasteiger partial charge >= 0.3 is 0 Å². The molecule has 2 rings (SSSR count). The van der Waals surface area contributed by atoms with Gasteiger partial charge in [0, 0.05) is 13.1 Å². The third-order valence-corrected chi connectivity index (χ3v) is 4.34. The number of hydrogen-bond donors (Lipinski definition) is 2. The molecule has 0 bridgehead atoms. The van der Waals surface area contributed by atoms with Gasteiger partial charge in [-0.3, -0.25) is 0 Å². The van der Waals surface area contributed by atoms with E-state index in [1.165, 1.54) is 18.2 Å². The van der Waals surface area contributed by atoms with Crippen LogP contribution >= 0.6 is 0 Å². The molecule has 0 amide bonds. The van der Waals surface area contributed by atoms with E-state index >= 15 is 0 Å². The van der Waals surface area contributed by atoms with Gasteiger partial charge < -0.3 is 5.73 Å².